The molecule has 12 heteroatoms. The van der Waals surface area contributed by atoms with E-state index in [1.54, 1.807) is 34.1 Å². The summed E-state index contributed by atoms with van der Waals surface area (Å²) >= 11 is 0. The van der Waals surface area contributed by atoms with E-state index < -0.39 is 24.3 Å². The summed E-state index contributed by atoms with van der Waals surface area (Å²) in [6.45, 7) is 1.09. The molecule has 0 aliphatic carbocycles. The van der Waals surface area contributed by atoms with Crippen molar-refractivity contribution in [2.45, 2.75) is 18.6 Å². The van der Waals surface area contributed by atoms with E-state index in [4.69, 9.17) is 9.47 Å². The molecule has 2 aliphatic rings. The Morgan fingerprint density at radius 2 is 1.53 bits per heavy atom. The highest BCUT2D eigenvalue weighted by atomic mass is 19.4. The molecule has 2 aliphatic heterocycles. The van der Waals surface area contributed by atoms with E-state index in [9.17, 15) is 22.8 Å². The SMILES string of the molecule is COc1cc(-c2cccc(C(=O)N3CC4CN(C(=O)c5ccc(OC(F)(F)F)cc5)CC(C3)O4)c2)ncn1. The maximum Gasteiger partial charge on any atom is 0.573 e. The summed E-state index contributed by atoms with van der Waals surface area (Å²) in [5.41, 5.74) is 2.10. The highest BCUT2D eigenvalue weighted by Gasteiger charge is 2.39. The molecule has 2 saturated heterocycles. The summed E-state index contributed by atoms with van der Waals surface area (Å²) in [4.78, 5) is 37.9. The minimum atomic E-state index is -4.80. The van der Waals surface area contributed by atoms with Gasteiger partial charge in [-0.1, -0.05) is 12.1 Å². The Morgan fingerprint density at radius 3 is 2.13 bits per heavy atom. The van der Waals surface area contributed by atoms with Crippen molar-refractivity contribution in [2.75, 3.05) is 33.3 Å². The van der Waals surface area contributed by atoms with Crippen molar-refractivity contribution in [3.63, 3.8) is 0 Å². The lowest BCUT2D eigenvalue weighted by molar-refractivity contribution is -0.274. The first-order valence-corrected chi connectivity index (χ1v) is 11.7. The van der Waals surface area contributed by atoms with Crippen LogP contribution < -0.4 is 9.47 Å². The number of amides is 2. The van der Waals surface area contributed by atoms with E-state index >= 15 is 0 Å². The second kappa shape index (κ2) is 10.3. The molecule has 198 valence electrons. The van der Waals surface area contributed by atoms with Crippen molar-refractivity contribution >= 4 is 11.8 Å². The maximum absolute atomic E-state index is 13.3. The lowest BCUT2D eigenvalue weighted by Gasteiger charge is -2.45. The second-order valence-corrected chi connectivity index (χ2v) is 8.90. The molecular formula is C26H23F3N4O5. The highest BCUT2D eigenvalue weighted by Crippen LogP contribution is 2.26. The molecule has 5 rings (SSSR count). The topological polar surface area (TPSA) is 94.1 Å². The van der Waals surface area contributed by atoms with Crippen LogP contribution in [-0.4, -0.2) is 83.4 Å². The predicted molar refractivity (Wildman–Crippen MR) is 128 cm³/mol. The smallest absolute Gasteiger partial charge is 0.481 e. The van der Waals surface area contributed by atoms with E-state index in [1.165, 1.54) is 25.6 Å². The fourth-order valence-corrected chi connectivity index (χ4v) is 4.61. The van der Waals surface area contributed by atoms with Gasteiger partial charge in [0.15, 0.2) is 0 Å². The Bertz CT molecular complexity index is 1320. The summed E-state index contributed by atoms with van der Waals surface area (Å²) in [5.74, 6) is -0.469. The van der Waals surface area contributed by atoms with Gasteiger partial charge in [0.25, 0.3) is 11.8 Å². The summed E-state index contributed by atoms with van der Waals surface area (Å²) in [6, 6.07) is 13.6. The average molecular weight is 528 g/mol. The van der Waals surface area contributed by atoms with Crippen LogP contribution in [0.4, 0.5) is 13.2 Å². The highest BCUT2D eigenvalue weighted by molar-refractivity contribution is 5.96. The maximum atomic E-state index is 13.3. The van der Waals surface area contributed by atoms with E-state index in [2.05, 4.69) is 14.7 Å². The van der Waals surface area contributed by atoms with E-state index in [1.807, 2.05) is 6.07 Å². The lowest BCUT2D eigenvalue weighted by atomic mass is 10.0. The van der Waals surface area contributed by atoms with Gasteiger partial charge in [-0.2, -0.15) is 0 Å². The molecule has 2 bridgehead atoms. The molecule has 2 fully saturated rings. The molecule has 1 aromatic heterocycles. The quantitative estimate of drug-likeness (QED) is 0.501. The Balaban J connectivity index is 1.24. The Labute approximate surface area is 215 Å². The number of morpholine rings is 2. The molecule has 3 heterocycles. The van der Waals surface area contributed by atoms with E-state index in [0.717, 1.165) is 17.7 Å². The predicted octanol–water partition coefficient (Wildman–Crippen LogP) is 3.42. The Morgan fingerprint density at radius 1 is 0.895 bits per heavy atom. The summed E-state index contributed by atoms with van der Waals surface area (Å²) in [7, 11) is 1.51. The monoisotopic (exact) mass is 528 g/mol. The van der Waals surface area contributed by atoms with Crippen molar-refractivity contribution in [1.29, 1.82) is 0 Å². The fourth-order valence-electron chi connectivity index (χ4n) is 4.61. The number of benzene rings is 2. The molecule has 38 heavy (non-hydrogen) atoms. The van der Waals surface area contributed by atoms with Crippen LogP contribution in [0.25, 0.3) is 11.3 Å². The molecule has 2 aromatic carbocycles. The number of nitrogens with zero attached hydrogens (tertiary/aromatic N) is 4. The van der Waals surface area contributed by atoms with E-state index in [-0.39, 0.29) is 30.5 Å². The molecule has 0 N–H and O–H groups in total. The van der Waals surface area contributed by atoms with Gasteiger partial charge in [-0.05, 0) is 36.4 Å². The lowest BCUT2D eigenvalue weighted by Crippen LogP contribution is -2.61. The molecule has 0 radical (unpaired) electrons. The largest absolute Gasteiger partial charge is 0.573 e. The first kappa shape index (κ1) is 25.5. The number of hydrogen-bond donors (Lipinski definition) is 0. The number of carbonyl (C=O) groups excluding carboxylic acids is 2. The van der Waals surface area contributed by atoms with Gasteiger partial charge in [0.05, 0.1) is 25.0 Å². The first-order valence-electron chi connectivity index (χ1n) is 11.7. The fraction of sp³-hybridized carbons (Fsp3) is 0.308. The van der Waals surface area contributed by atoms with E-state index in [0.29, 0.717) is 30.2 Å². The third-order valence-electron chi connectivity index (χ3n) is 6.25. The zero-order chi connectivity index (χ0) is 26.9. The van der Waals surface area contributed by atoms with Crippen molar-refractivity contribution in [3.05, 3.63) is 72.1 Å². The third-order valence-corrected chi connectivity index (χ3v) is 6.25. The van der Waals surface area contributed by atoms with Crippen LogP contribution in [0, 0.1) is 0 Å². The number of alkyl halides is 3. The molecule has 2 unspecified atom stereocenters. The molecule has 2 amide bonds. The van der Waals surface area contributed by atoms with Crippen LogP contribution in [0.5, 0.6) is 11.6 Å². The van der Waals surface area contributed by atoms with Crippen LogP contribution in [0.1, 0.15) is 20.7 Å². The third kappa shape index (κ3) is 5.70. The Hall–Kier alpha value is -4.19. The average Bonchev–Trinajstić information content (AvgIpc) is 2.91. The number of ether oxygens (including phenoxy) is 3. The number of methoxy groups -OCH3 is 1. The number of carbonyl (C=O) groups is 2. The van der Waals surface area contributed by atoms with Gasteiger partial charge in [-0.15, -0.1) is 13.2 Å². The second-order valence-electron chi connectivity index (χ2n) is 8.90. The van der Waals surface area contributed by atoms with Gasteiger partial charge in [-0.3, -0.25) is 9.59 Å². The van der Waals surface area contributed by atoms with Crippen LogP contribution in [0.2, 0.25) is 0 Å². The van der Waals surface area contributed by atoms with Crippen LogP contribution >= 0.6 is 0 Å². The molecule has 2 atom stereocenters. The van der Waals surface area contributed by atoms with Crippen LogP contribution in [-0.2, 0) is 4.74 Å². The molecular weight excluding hydrogens is 505 g/mol. The van der Waals surface area contributed by atoms with Gasteiger partial charge in [0, 0.05) is 48.9 Å². The van der Waals surface area contributed by atoms with Crippen molar-refractivity contribution < 1.29 is 37.0 Å². The summed E-state index contributed by atoms with van der Waals surface area (Å²) < 4.78 is 52.2. The minimum Gasteiger partial charge on any atom is -0.481 e. The van der Waals surface area contributed by atoms with Crippen molar-refractivity contribution in [3.8, 4) is 22.9 Å². The van der Waals surface area contributed by atoms with Gasteiger partial charge in [0.2, 0.25) is 5.88 Å². The number of fused-ring (bicyclic) bond motifs is 2. The summed E-state index contributed by atoms with van der Waals surface area (Å²) in [5, 5.41) is 0. The molecule has 0 spiro atoms. The zero-order valence-corrected chi connectivity index (χ0v) is 20.2. The van der Waals surface area contributed by atoms with Crippen molar-refractivity contribution in [2.24, 2.45) is 0 Å². The minimum absolute atomic E-state index is 0.161. The standard InChI is InChI=1S/C26H23F3N4O5/c1-36-23-10-22(30-15-31-23)17-3-2-4-18(9-17)25(35)33-13-20-11-32(12-21(14-33)37-20)24(34)16-5-7-19(8-6-16)38-26(27,28)29/h2-10,15,20-21H,11-14H2,1H3. The first-order chi connectivity index (χ1) is 18.2. The van der Waals surface area contributed by atoms with Gasteiger partial charge < -0.3 is 24.0 Å². The number of rotatable bonds is 5. The molecule has 3 aromatic rings. The Kier molecular flexibility index (Phi) is 6.89. The van der Waals surface area contributed by atoms with Gasteiger partial charge >= 0.3 is 6.36 Å². The van der Waals surface area contributed by atoms with Crippen molar-refractivity contribution in [1.82, 2.24) is 19.8 Å². The molecule has 9 nitrogen and oxygen atoms in total. The number of halogens is 3. The van der Waals surface area contributed by atoms with Crippen LogP contribution in [0.3, 0.4) is 0 Å². The number of aromatic nitrogens is 2. The normalized spacial score (nSPS) is 19.2. The van der Waals surface area contributed by atoms with Gasteiger partial charge in [-0.25, -0.2) is 9.97 Å². The van der Waals surface area contributed by atoms with Crippen LogP contribution in [0.15, 0.2) is 60.9 Å². The molecule has 0 saturated carbocycles. The summed E-state index contributed by atoms with van der Waals surface area (Å²) in [6.07, 6.45) is -4.19. The number of hydrogen-bond acceptors (Lipinski definition) is 7. The zero-order valence-electron chi connectivity index (χ0n) is 20.2. The van der Waals surface area contributed by atoms with Gasteiger partial charge in [0.1, 0.15) is 12.1 Å².